The maximum atomic E-state index is 2.39. The Morgan fingerprint density at radius 1 is 1.00 bits per heavy atom. The van der Waals surface area contributed by atoms with E-state index in [0.717, 1.165) is 0 Å². The Hall–Kier alpha value is 0.463. The molecule has 0 rings (SSSR count). The molecule has 0 amide bonds. The monoisotopic (exact) mass is 191 g/mol. The van der Waals surface area contributed by atoms with Crippen molar-refractivity contribution < 1.29 is 0 Å². The van der Waals surface area contributed by atoms with E-state index in [-0.39, 0.29) is 0 Å². The van der Waals surface area contributed by atoms with Crippen molar-refractivity contribution in [3.8, 4) is 0 Å². The van der Waals surface area contributed by atoms with Gasteiger partial charge in [0, 0.05) is 0 Å². The van der Waals surface area contributed by atoms with Crippen LogP contribution in [0.3, 0.4) is 0 Å². The van der Waals surface area contributed by atoms with Gasteiger partial charge in [-0.1, -0.05) is 0 Å². The average molecular weight is 190 g/mol. The summed E-state index contributed by atoms with van der Waals surface area (Å²) in [7, 11) is 8.72. The van der Waals surface area contributed by atoms with Crippen molar-refractivity contribution in [1.82, 2.24) is 7.71 Å². The van der Waals surface area contributed by atoms with Crippen LogP contribution < -0.4 is 0 Å². The van der Waals surface area contributed by atoms with E-state index in [1.54, 1.807) is 0 Å². The van der Waals surface area contributed by atoms with Gasteiger partial charge in [-0.2, -0.15) is 0 Å². The van der Waals surface area contributed by atoms with E-state index in [4.69, 9.17) is 0 Å². The third kappa shape index (κ3) is 3.23. The summed E-state index contributed by atoms with van der Waals surface area (Å²) in [6.45, 7) is 2.27. The predicted octanol–water partition coefficient (Wildman–Crippen LogP) is 0.618. The summed E-state index contributed by atoms with van der Waals surface area (Å²) >= 11 is -0.949. The van der Waals surface area contributed by atoms with Gasteiger partial charge in [0.2, 0.25) is 0 Å². The van der Waals surface area contributed by atoms with Gasteiger partial charge in [-0.15, -0.1) is 0 Å². The van der Waals surface area contributed by atoms with Gasteiger partial charge in [0.25, 0.3) is 0 Å². The van der Waals surface area contributed by atoms with Gasteiger partial charge < -0.3 is 0 Å². The first kappa shape index (κ1) is 9.46. The number of rotatable bonds is 3. The summed E-state index contributed by atoms with van der Waals surface area (Å²) in [6.07, 6.45) is 0. The summed E-state index contributed by atoms with van der Waals surface area (Å²) in [5.74, 6) is 0. The minimum atomic E-state index is -0.949. The van der Waals surface area contributed by atoms with Gasteiger partial charge in [-0.3, -0.25) is 0 Å². The van der Waals surface area contributed by atoms with Crippen LogP contribution >= 0.6 is 0 Å². The molecule has 9 heavy (non-hydrogen) atoms. The van der Waals surface area contributed by atoms with Gasteiger partial charge in [-0.05, 0) is 0 Å². The van der Waals surface area contributed by atoms with E-state index in [1.807, 2.05) is 0 Å². The van der Waals surface area contributed by atoms with Crippen LogP contribution in [-0.2, 0) is 0 Å². The minimum absolute atomic E-state index is 0.949. The molecule has 0 aliphatic heterocycles. The van der Waals surface area contributed by atoms with E-state index in [2.05, 4.69) is 42.8 Å². The second-order valence-corrected chi connectivity index (χ2v) is 9.54. The van der Waals surface area contributed by atoms with E-state index >= 15 is 0 Å². The zero-order valence-corrected chi connectivity index (χ0v) is 9.20. The van der Waals surface area contributed by atoms with Crippen LogP contribution in [0.5, 0.6) is 0 Å². The fraction of sp³-hybridized carbons (Fsp3) is 1.00. The van der Waals surface area contributed by atoms with Crippen molar-refractivity contribution in [2.24, 2.45) is 0 Å². The second kappa shape index (κ2) is 4.31. The molecule has 2 nitrogen and oxygen atoms in total. The zero-order chi connectivity index (χ0) is 7.44. The van der Waals surface area contributed by atoms with Gasteiger partial charge >= 0.3 is 62.9 Å². The van der Waals surface area contributed by atoms with Crippen LogP contribution in [0.25, 0.3) is 0 Å². The Balaban J connectivity index is 3.68. The van der Waals surface area contributed by atoms with Crippen molar-refractivity contribution in [3.05, 3.63) is 0 Å². The SMILES string of the molecule is C[CH2][Ge]([N](C)C)[N](C)C. The molecule has 0 fully saturated rings. The van der Waals surface area contributed by atoms with Crippen LogP contribution in [0.1, 0.15) is 6.92 Å². The van der Waals surface area contributed by atoms with Crippen molar-refractivity contribution in [3.63, 3.8) is 0 Å². The van der Waals surface area contributed by atoms with Crippen LogP contribution in [0.15, 0.2) is 0 Å². The number of hydrogen-bond acceptors (Lipinski definition) is 2. The molecule has 0 aromatic rings. The zero-order valence-electron chi connectivity index (χ0n) is 7.10. The first-order valence-corrected chi connectivity index (χ1v) is 6.66. The van der Waals surface area contributed by atoms with Crippen molar-refractivity contribution in [1.29, 1.82) is 0 Å². The molecule has 0 spiro atoms. The number of hydrogen-bond donors (Lipinski definition) is 0. The Labute approximate surface area is 63.4 Å². The molecule has 0 aliphatic carbocycles. The fourth-order valence-corrected chi connectivity index (χ4v) is 5.36. The summed E-state index contributed by atoms with van der Waals surface area (Å²) in [5, 5.41) is 1.35. The molecular formula is C6H17GeN2. The molecule has 0 aliphatic rings. The summed E-state index contributed by atoms with van der Waals surface area (Å²) in [5.41, 5.74) is 0. The van der Waals surface area contributed by atoms with E-state index in [1.165, 1.54) is 5.25 Å². The molecule has 3 heteroatoms. The van der Waals surface area contributed by atoms with Crippen molar-refractivity contribution in [2.75, 3.05) is 28.2 Å². The molecule has 0 atom stereocenters. The Kier molecular flexibility index (Phi) is 4.53. The van der Waals surface area contributed by atoms with Crippen LogP contribution in [0.2, 0.25) is 5.25 Å². The molecule has 0 aromatic heterocycles. The predicted molar refractivity (Wildman–Crippen MR) is 43.6 cm³/mol. The Morgan fingerprint density at radius 3 is 1.33 bits per heavy atom. The molecular weight excluding hydrogens is 173 g/mol. The fourth-order valence-electron chi connectivity index (χ4n) is 1.03. The van der Waals surface area contributed by atoms with E-state index < -0.39 is 14.8 Å². The van der Waals surface area contributed by atoms with E-state index in [0.29, 0.717) is 0 Å². The van der Waals surface area contributed by atoms with Gasteiger partial charge in [-0.25, -0.2) is 0 Å². The van der Waals surface area contributed by atoms with Crippen molar-refractivity contribution in [2.45, 2.75) is 12.2 Å². The molecule has 0 saturated heterocycles. The molecule has 0 unspecified atom stereocenters. The average Bonchev–Trinajstić information content (AvgIpc) is 1.64. The Morgan fingerprint density at radius 2 is 1.33 bits per heavy atom. The van der Waals surface area contributed by atoms with Gasteiger partial charge in [0.1, 0.15) is 0 Å². The third-order valence-corrected chi connectivity index (χ3v) is 7.01. The standard InChI is InChI=1S/C6H17GeN2/c1-6-7(8(2)3)9(4)5/h6H2,1-5H3. The van der Waals surface area contributed by atoms with Gasteiger partial charge in [0.05, 0.1) is 0 Å². The summed E-state index contributed by atoms with van der Waals surface area (Å²) < 4.78 is 4.78. The topological polar surface area (TPSA) is 6.48 Å². The van der Waals surface area contributed by atoms with Crippen LogP contribution in [-0.4, -0.2) is 50.7 Å². The van der Waals surface area contributed by atoms with Crippen LogP contribution in [0, 0.1) is 0 Å². The van der Waals surface area contributed by atoms with Crippen molar-refractivity contribution >= 4 is 14.8 Å². The van der Waals surface area contributed by atoms with Crippen LogP contribution in [0.4, 0.5) is 0 Å². The normalized spacial score (nSPS) is 12.0. The quantitative estimate of drug-likeness (QED) is 0.601. The molecule has 0 bridgehead atoms. The maximum absolute atomic E-state index is 2.39. The number of nitrogens with zero attached hydrogens (tertiary/aromatic N) is 2. The first-order valence-electron chi connectivity index (χ1n) is 3.30. The van der Waals surface area contributed by atoms with E-state index in [9.17, 15) is 0 Å². The molecule has 1 radical (unpaired) electrons. The summed E-state index contributed by atoms with van der Waals surface area (Å²) in [4.78, 5) is 0. The molecule has 55 valence electrons. The molecule has 0 saturated carbocycles. The van der Waals surface area contributed by atoms with Gasteiger partial charge in [0.15, 0.2) is 0 Å². The molecule has 0 heterocycles. The second-order valence-electron chi connectivity index (χ2n) is 2.56. The molecule has 0 N–H and O–H groups in total. The first-order chi connectivity index (χ1) is 4.09. The summed E-state index contributed by atoms with van der Waals surface area (Å²) in [6, 6.07) is 0. The third-order valence-electron chi connectivity index (χ3n) is 1.35. The Bertz CT molecular complexity index is 65.5. The molecule has 0 aromatic carbocycles.